The van der Waals surface area contributed by atoms with Gasteiger partial charge in [0, 0.05) is 18.5 Å². The van der Waals surface area contributed by atoms with Gasteiger partial charge in [0.15, 0.2) is 0 Å². The fraction of sp³-hybridized carbons (Fsp3) is 0.357. The number of halogens is 1. The number of fused-ring (bicyclic) bond motifs is 1. The number of hydrogen-bond acceptors (Lipinski definition) is 2. The predicted octanol–water partition coefficient (Wildman–Crippen LogP) is 2.85. The fourth-order valence-corrected chi connectivity index (χ4v) is 2.53. The van der Waals surface area contributed by atoms with Gasteiger partial charge in [-0.3, -0.25) is 0 Å². The summed E-state index contributed by atoms with van der Waals surface area (Å²) in [4.78, 5) is 4.58. The second kappa shape index (κ2) is 4.12. The highest BCUT2D eigenvalue weighted by molar-refractivity contribution is 5.71. The van der Waals surface area contributed by atoms with E-state index in [2.05, 4.69) is 16.5 Å². The summed E-state index contributed by atoms with van der Waals surface area (Å²) in [5, 5.41) is 0. The van der Waals surface area contributed by atoms with Crippen LogP contribution in [-0.4, -0.2) is 9.55 Å². The molecular formula is C14H16FN3. The Morgan fingerprint density at radius 2 is 2.28 bits per heavy atom. The van der Waals surface area contributed by atoms with Crippen molar-refractivity contribution in [3.8, 4) is 11.3 Å². The molecule has 94 valence electrons. The van der Waals surface area contributed by atoms with Gasteiger partial charge in [0.2, 0.25) is 0 Å². The number of benzene rings is 1. The molecule has 1 aromatic carbocycles. The van der Waals surface area contributed by atoms with Gasteiger partial charge in [0.25, 0.3) is 0 Å². The van der Waals surface area contributed by atoms with Gasteiger partial charge < -0.3 is 10.3 Å². The lowest BCUT2D eigenvalue weighted by molar-refractivity contribution is 0.412. The Hall–Kier alpha value is -1.84. The molecule has 0 spiro atoms. The van der Waals surface area contributed by atoms with E-state index in [0.717, 1.165) is 30.8 Å². The Bertz CT molecular complexity index is 589. The summed E-state index contributed by atoms with van der Waals surface area (Å²) in [5.74, 6) is 2.05. The number of nitrogen functional groups attached to an aromatic ring is 1. The Balaban J connectivity index is 2.09. The van der Waals surface area contributed by atoms with Crippen molar-refractivity contribution in [2.24, 2.45) is 5.92 Å². The summed E-state index contributed by atoms with van der Waals surface area (Å²) in [6.07, 6.45) is 2.07. The first kappa shape index (κ1) is 11.3. The molecule has 1 unspecified atom stereocenters. The van der Waals surface area contributed by atoms with Gasteiger partial charge in [-0.2, -0.15) is 0 Å². The van der Waals surface area contributed by atoms with Gasteiger partial charge in [-0.25, -0.2) is 9.37 Å². The van der Waals surface area contributed by atoms with Crippen molar-refractivity contribution in [1.82, 2.24) is 9.55 Å². The van der Waals surface area contributed by atoms with Gasteiger partial charge >= 0.3 is 0 Å². The minimum absolute atomic E-state index is 0.258. The number of aromatic nitrogens is 2. The van der Waals surface area contributed by atoms with Crippen LogP contribution in [0.1, 0.15) is 19.2 Å². The monoisotopic (exact) mass is 245 g/mol. The molecular weight excluding hydrogens is 229 g/mol. The number of hydrogen-bond donors (Lipinski definition) is 1. The molecule has 18 heavy (non-hydrogen) atoms. The zero-order valence-electron chi connectivity index (χ0n) is 10.4. The van der Waals surface area contributed by atoms with Gasteiger partial charge in [0.1, 0.15) is 23.2 Å². The van der Waals surface area contributed by atoms with Crippen molar-refractivity contribution in [3.63, 3.8) is 0 Å². The van der Waals surface area contributed by atoms with Crippen LogP contribution in [0.25, 0.3) is 11.3 Å². The van der Waals surface area contributed by atoms with Crippen LogP contribution in [0.3, 0.4) is 0 Å². The molecule has 1 aliphatic rings. The molecule has 3 nitrogen and oxygen atoms in total. The lowest BCUT2D eigenvalue weighted by Crippen LogP contribution is -2.18. The second-order valence-corrected chi connectivity index (χ2v) is 5.02. The second-order valence-electron chi connectivity index (χ2n) is 5.02. The number of rotatable bonds is 1. The molecule has 0 radical (unpaired) electrons. The summed E-state index contributed by atoms with van der Waals surface area (Å²) >= 11 is 0. The summed E-state index contributed by atoms with van der Waals surface area (Å²) in [6.45, 7) is 3.13. The van der Waals surface area contributed by atoms with Crippen LogP contribution >= 0.6 is 0 Å². The summed E-state index contributed by atoms with van der Waals surface area (Å²) in [6, 6.07) is 6.44. The molecule has 2 aromatic rings. The minimum atomic E-state index is -0.258. The molecule has 0 fully saturated rings. The molecule has 0 saturated carbocycles. The highest BCUT2D eigenvalue weighted by Gasteiger charge is 2.22. The van der Waals surface area contributed by atoms with E-state index in [1.165, 1.54) is 12.1 Å². The average Bonchev–Trinajstić information content (AvgIpc) is 2.66. The smallest absolute Gasteiger partial charge is 0.131 e. The maximum atomic E-state index is 13.3. The summed E-state index contributed by atoms with van der Waals surface area (Å²) < 4.78 is 15.3. The molecule has 0 aliphatic carbocycles. The lowest BCUT2D eigenvalue weighted by atomic mass is 10.0. The van der Waals surface area contributed by atoms with Crippen LogP contribution in [0.2, 0.25) is 0 Å². The first-order valence-corrected chi connectivity index (χ1v) is 6.26. The van der Waals surface area contributed by atoms with E-state index in [1.54, 1.807) is 6.07 Å². The number of anilines is 1. The van der Waals surface area contributed by atoms with Crippen LogP contribution in [0, 0.1) is 11.7 Å². The van der Waals surface area contributed by atoms with Crippen LogP contribution in [0.4, 0.5) is 10.2 Å². The largest absolute Gasteiger partial charge is 0.383 e. The van der Waals surface area contributed by atoms with Gasteiger partial charge in [-0.05, 0) is 24.5 Å². The van der Waals surface area contributed by atoms with Crippen molar-refractivity contribution in [3.05, 3.63) is 35.9 Å². The number of nitrogens with zero attached hydrogens (tertiary/aromatic N) is 2. The molecule has 0 saturated heterocycles. The Morgan fingerprint density at radius 1 is 1.44 bits per heavy atom. The Labute approximate surface area is 105 Å². The van der Waals surface area contributed by atoms with Gasteiger partial charge in [-0.1, -0.05) is 19.1 Å². The fourth-order valence-electron chi connectivity index (χ4n) is 2.53. The van der Waals surface area contributed by atoms with E-state index in [1.807, 2.05) is 6.07 Å². The first-order chi connectivity index (χ1) is 8.65. The summed E-state index contributed by atoms with van der Waals surface area (Å²) in [5.41, 5.74) is 7.59. The average molecular weight is 245 g/mol. The number of nitrogens with two attached hydrogens (primary N) is 1. The zero-order chi connectivity index (χ0) is 12.7. The summed E-state index contributed by atoms with van der Waals surface area (Å²) in [7, 11) is 0. The van der Waals surface area contributed by atoms with Crippen molar-refractivity contribution in [1.29, 1.82) is 0 Å². The third-order valence-electron chi connectivity index (χ3n) is 3.56. The standard InChI is InChI=1S/C14H16FN3/c1-9-5-6-18-12(7-9)17-13(14(18)16)10-3-2-4-11(15)8-10/h2-4,8-9H,5-7,16H2,1H3. The van der Waals surface area contributed by atoms with E-state index in [9.17, 15) is 4.39 Å². The quantitative estimate of drug-likeness (QED) is 0.839. The van der Waals surface area contributed by atoms with Crippen LogP contribution in [0.15, 0.2) is 24.3 Å². The van der Waals surface area contributed by atoms with Crippen molar-refractivity contribution in [2.45, 2.75) is 26.3 Å². The molecule has 1 atom stereocenters. The van der Waals surface area contributed by atoms with Crippen LogP contribution in [-0.2, 0) is 13.0 Å². The molecule has 0 amide bonds. The minimum Gasteiger partial charge on any atom is -0.383 e. The van der Waals surface area contributed by atoms with E-state index < -0.39 is 0 Å². The van der Waals surface area contributed by atoms with Crippen molar-refractivity contribution < 1.29 is 4.39 Å². The topological polar surface area (TPSA) is 43.8 Å². The van der Waals surface area contributed by atoms with E-state index in [4.69, 9.17) is 5.73 Å². The predicted molar refractivity (Wildman–Crippen MR) is 69.5 cm³/mol. The lowest BCUT2D eigenvalue weighted by Gasteiger charge is -2.20. The molecule has 3 rings (SSSR count). The third kappa shape index (κ3) is 1.78. The van der Waals surface area contributed by atoms with Crippen molar-refractivity contribution >= 4 is 5.82 Å². The Morgan fingerprint density at radius 3 is 3.06 bits per heavy atom. The van der Waals surface area contributed by atoms with Crippen molar-refractivity contribution in [2.75, 3.05) is 5.73 Å². The maximum Gasteiger partial charge on any atom is 0.131 e. The van der Waals surface area contributed by atoms with Gasteiger partial charge in [-0.15, -0.1) is 0 Å². The van der Waals surface area contributed by atoms with E-state index >= 15 is 0 Å². The van der Waals surface area contributed by atoms with Crippen LogP contribution in [0.5, 0.6) is 0 Å². The van der Waals surface area contributed by atoms with Crippen LogP contribution < -0.4 is 5.73 Å². The first-order valence-electron chi connectivity index (χ1n) is 6.26. The van der Waals surface area contributed by atoms with E-state index in [-0.39, 0.29) is 5.82 Å². The number of imidazole rings is 1. The normalized spacial score (nSPS) is 18.7. The molecule has 0 bridgehead atoms. The molecule has 1 aromatic heterocycles. The molecule has 2 heterocycles. The zero-order valence-corrected chi connectivity index (χ0v) is 10.4. The molecule has 4 heteroatoms. The van der Waals surface area contributed by atoms with Gasteiger partial charge in [0.05, 0.1) is 0 Å². The molecule has 2 N–H and O–H groups in total. The third-order valence-corrected chi connectivity index (χ3v) is 3.56. The SMILES string of the molecule is CC1CCn2c(nc(-c3cccc(F)c3)c2N)C1. The Kier molecular flexibility index (Phi) is 2.58. The maximum absolute atomic E-state index is 13.3. The highest BCUT2D eigenvalue weighted by Crippen LogP contribution is 2.31. The molecule has 1 aliphatic heterocycles. The van der Waals surface area contributed by atoms with E-state index in [0.29, 0.717) is 17.4 Å². The highest BCUT2D eigenvalue weighted by atomic mass is 19.1.